The fraction of sp³-hybridized carbons (Fsp3) is 0.464. The van der Waals surface area contributed by atoms with Crippen LogP contribution < -0.4 is 0 Å². The molecule has 1 aromatic heterocycles. The number of aldehydes is 1. The summed E-state index contributed by atoms with van der Waals surface area (Å²) < 4.78 is 7.13. The Labute approximate surface area is 197 Å². The van der Waals surface area contributed by atoms with E-state index in [1.165, 1.54) is 5.57 Å². The molecule has 0 spiro atoms. The topological polar surface area (TPSA) is 72.1 Å². The van der Waals surface area contributed by atoms with Gasteiger partial charge >= 0.3 is 6.09 Å². The quantitative estimate of drug-likeness (QED) is 0.156. The highest BCUT2D eigenvalue weighted by molar-refractivity contribution is 5.92. The minimum atomic E-state index is -0.560. The lowest BCUT2D eigenvalue weighted by atomic mass is 10.0. The van der Waals surface area contributed by atoms with Crippen molar-refractivity contribution in [2.24, 2.45) is 0 Å². The zero-order chi connectivity index (χ0) is 24.3. The maximum atomic E-state index is 12.7. The number of carbonyl (C=O) groups is 2. The summed E-state index contributed by atoms with van der Waals surface area (Å²) in [5, 5.41) is 10.5. The number of aryl methyl sites for hydroxylation is 1. The van der Waals surface area contributed by atoms with Crippen molar-refractivity contribution in [3.8, 4) is 6.07 Å². The molecule has 5 nitrogen and oxygen atoms in total. The van der Waals surface area contributed by atoms with Crippen LogP contribution in [0, 0.1) is 11.3 Å². The fourth-order valence-electron chi connectivity index (χ4n) is 3.72. The van der Waals surface area contributed by atoms with E-state index in [-0.39, 0.29) is 6.09 Å². The SMILES string of the molecule is C/C(=C\CC/C(C#N)=C/CCc1cn(C(=O)OC(C)(C)C)c2ccccc12)CCCCC=O. The highest BCUT2D eigenvalue weighted by Gasteiger charge is 2.20. The van der Waals surface area contributed by atoms with Gasteiger partial charge in [-0.3, -0.25) is 4.57 Å². The number of fused-ring (bicyclic) bond motifs is 1. The number of nitrogens with zero attached hydrogens (tertiary/aromatic N) is 2. The molecule has 0 saturated heterocycles. The van der Waals surface area contributed by atoms with Crippen molar-refractivity contribution in [1.82, 2.24) is 4.57 Å². The van der Waals surface area contributed by atoms with Crippen LogP contribution in [-0.2, 0) is 16.0 Å². The molecule has 33 heavy (non-hydrogen) atoms. The number of aromatic nitrogens is 1. The lowest BCUT2D eigenvalue weighted by Crippen LogP contribution is -2.26. The Kier molecular flexibility index (Phi) is 10.1. The Balaban J connectivity index is 1.99. The first-order valence-corrected chi connectivity index (χ1v) is 11.8. The lowest BCUT2D eigenvalue weighted by Gasteiger charge is -2.19. The summed E-state index contributed by atoms with van der Waals surface area (Å²) in [5.41, 5.74) is 3.44. The van der Waals surface area contributed by atoms with E-state index < -0.39 is 5.60 Å². The van der Waals surface area contributed by atoms with E-state index in [0.717, 1.165) is 73.3 Å². The van der Waals surface area contributed by atoms with E-state index in [9.17, 15) is 14.9 Å². The van der Waals surface area contributed by atoms with Gasteiger partial charge in [-0.25, -0.2) is 4.79 Å². The highest BCUT2D eigenvalue weighted by atomic mass is 16.6. The molecule has 1 heterocycles. The number of rotatable bonds is 11. The number of ether oxygens (including phenoxy) is 1. The lowest BCUT2D eigenvalue weighted by molar-refractivity contribution is -0.107. The molecule has 5 heteroatoms. The number of unbranched alkanes of at least 4 members (excludes halogenated alkanes) is 2. The number of hydrogen-bond acceptors (Lipinski definition) is 4. The fourth-order valence-corrected chi connectivity index (χ4v) is 3.72. The number of allylic oxidation sites excluding steroid dienone is 4. The molecule has 176 valence electrons. The van der Waals surface area contributed by atoms with Crippen LogP contribution in [0.2, 0.25) is 0 Å². The van der Waals surface area contributed by atoms with E-state index in [4.69, 9.17) is 4.74 Å². The van der Waals surface area contributed by atoms with Crippen molar-refractivity contribution >= 4 is 23.3 Å². The van der Waals surface area contributed by atoms with Crippen molar-refractivity contribution in [2.75, 3.05) is 0 Å². The number of hydrogen-bond donors (Lipinski definition) is 0. The van der Waals surface area contributed by atoms with Gasteiger partial charge in [0.15, 0.2) is 0 Å². The van der Waals surface area contributed by atoms with Gasteiger partial charge in [0, 0.05) is 23.6 Å². The van der Waals surface area contributed by atoms with Crippen LogP contribution in [0.1, 0.15) is 78.2 Å². The van der Waals surface area contributed by atoms with E-state index in [1.54, 1.807) is 4.57 Å². The standard InChI is InChI=1S/C28H36N2O3/c1-22(12-6-5-9-19-31)13-10-14-23(20-29)15-11-16-24-21-30(27(32)33-28(2,3)4)26-18-8-7-17-25(24)26/h7-8,13,15,17-19,21H,5-6,9-12,14,16H2,1-4H3/b22-13+,23-15-. The average molecular weight is 449 g/mol. The summed E-state index contributed by atoms with van der Waals surface area (Å²) in [6, 6.07) is 10.1. The van der Waals surface area contributed by atoms with Gasteiger partial charge in [0.2, 0.25) is 0 Å². The summed E-state index contributed by atoms with van der Waals surface area (Å²) >= 11 is 0. The first-order chi connectivity index (χ1) is 15.7. The predicted molar refractivity (Wildman–Crippen MR) is 133 cm³/mol. The molecule has 0 N–H and O–H groups in total. The van der Waals surface area contributed by atoms with Crippen LogP contribution in [-0.4, -0.2) is 22.5 Å². The van der Waals surface area contributed by atoms with Gasteiger partial charge in [-0.15, -0.1) is 0 Å². The third-order valence-electron chi connectivity index (χ3n) is 5.38. The number of carbonyl (C=O) groups excluding carboxylic acids is 2. The smallest absolute Gasteiger partial charge is 0.419 e. The summed E-state index contributed by atoms with van der Waals surface area (Å²) in [7, 11) is 0. The average Bonchev–Trinajstić information content (AvgIpc) is 3.13. The summed E-state index contributed by atoms with van der Waals surface area (Å²) in [6.45, 7) is 7.68. The van der Waals surface area contributed by atoms with Gasteiger partial charge in [0.1, 0.15) is 11.9 Å². The molecule has 2 rings (SSSR count). The van der Waals surface area contributed by atoms with E-state index in [2.05, 4.69) is 19.1 Å². The Bertz CT molecular complexity index is 1050. The van der Waals surface area contributed by atoms with Crippen LogP contribution in [0.5, 0.6) is 0 Å². The van der Waals surface area contributed by atoms with E-state index in [0.29, 0.717) is 6.42 Å². The van der Waals surface area contributed by atoms with Crippen molar-refractivity contribution < 1.29 is 14.3 Å². The zero-order valence-corrected chi connectivity index (χ0v) is 20.4. The third-order valence-corrected chi connectivity index (χ3v) is 5.38. The van der Waals surface area contributed by atoms with Crippen molar-refractivity contribution in [1.29, 1.82) is 5.26 Å². The minimum Gasteiger partial charge on any atom is -0.443 e. The molecule has 0 aliphatic rings. The van der Waals surface area contributed by atoms with Gasteiger partial charge in [-0.05, 0) is 84.3 Å². The van der Waals surface area contributed by atoms with Crippen molar-refractivity contribution in [2.45, 2.75) is 84.7 Å². The molecule has 0 fully saturated rings. The second-order valence-electron chi connectivity index (χ2n) is 9.40. The highest BCUT2D eigenvalue weighted by Crippen LogP contribution is 2.24. The number of para-hydroxylation sites is 1. The number of nitriles is 1. The van der Waals surface area contributed by atoms with Crippen molar-refractivity contribution in [3.63, 3.8) is 0 Å². The maximum absolute atomic E-state index is 12.7. The molecule has 2 aromatic rings. The molecule has 0 amide bonds. The Morgan fingerprint density at radius 3 is 2.55 bits per heavy atom. The van der Waals surface area contributed by atoms with E-state index >= 15 is 0 Å². The predicted octanol–water partition coefficient (Wildman–Crippen LogP) is 7.29. The van der Waals surface area contributed by atoms with Gasteiger partial charge in [-0.2, -0.15) is 5.26 Å². The Morgan fingerprint density at radius 1 is 1.09 bits per heavy atom. The molecule has 0 aliphatic heterocycles. The van der Waals surface area contributed by atoms with E-state index in [1.807, 2.05) is 57.3 Å². The zero-order valence-electron chi connectivity index (χ0n) is 20.4. The minimum absolute atomic E-state index is 0.383. The maximum Gasteiger partial charge on any atom is 0.419 e. The number of benzene rings is 1. The van der Waals surface area contributed by atoms with Crippen LogP contribution in [0.4, 0.5) is 4.79 Å². The molecule has 0 atom stereocenters. The molecule has 0 saturated carbocycles. The largest absolute Gasteiger partial charge is 0.443 e. The third kappa shape index (κ3) is 8.73. The van der Waals surface area contributed by atoms with Gasteiger partial charge in [0.25, 0.3) is 0 Å². The Hall–Kier alpha value is -3.13. The molecule has 0 aliphatic carbocycles. The molecular weight excluding hydrogens is 412 g/mol. The normalized spacial score (nSPS) is 12.6. The van der Waals surface area contributed by atoms with Crippen LogP contribution >= 0.6 is 0 Å². The molecule has 0 bridgehead atoms. The molecule has 1 aromatic carbocycles. The van der Waals surface area contributed by atoms with Crippen LogP contribution in [0.3, 0.4) is 0 Å². The second kappa shape index (κ2) is 12.8. The summed E-state index contributed by atoms with van der Waals surface area (Å²) in [5.74, 6) is 0. The van der Waals surface area contributed by atoms with Gasteiger partial charge in [-0.1, -0.05) is 35.9 Å². The van der Waals surface area contributed by atoms with Crippen molar-refractivity contribution in [3.05, 3.63) is 59.3 Å². The summed E-state index contributed by atoms with van der Waals surface area (Å²) in [4.78, 5) is 23.0. The first kappa shape index (κ1) is 26.1. The van der Waals surface area contributed by atoms with Crippen LogP contribution in [0.15, 0.2) is 53.8 Å². The monoisotopic (exact) mass is 448 g/mol. The Morgan fingerprint density at radius 2 is 1.85 bits per heavy atom. The molecular formula is C28H36N2O3. The molecule has 0 radical (unpaired) electrons. The molecule has 0 unspecified atom stereocenters. The van der Waals surface area contributed by atoms with Gasteiger partial charge in [0.05, 0.1) is 11.6 Å². The first-order valence-electron chi connectivity index (χ1n) is 11.8. The second-order valence-corrected chi connectivity index (χ2v) is 9.40. The van der Waals surface area contributed by atoms with Gasteiger partial charge < -0.3 is 9.53 Å². The van der Waals surface area contributed by atoms with Crippen LogP contribution in [0.25, 0.3) is 10.9 Å². The summed E-state index contributed by atoms with van der Waals surface area (Å²) in [6.07, 6.45) is 13.3.